The van der Waals surface area contributed by atoms with E-state index in [0.717, 1.165) is 0 Å². The fraction of sp³-hybridized carbons (Fsp3) is 0.263. The van der Waals surface area contributed by atoms with Crippen LogP contribution in [-0.2, 0) is 14.8 Å². The molecule has 0 bridgehead atoms. The maximum absolute atomic E-state index is 13.3. The number of ketones is 1. The summed E-state index contributed by atoms with van der Waals surface area (Å²) in [4.78, 5) is 23.8. The number of halogens is 2. The molecular weight excluding hydrogens is 390 g/mol. The average Bonchev–Trinajstić information content (AvgIpc) is 2.57. The number of para-hydroxylation sites is 1. The Morgan fingerprint density at radius 2 is 1.57 bits per heavy atom. The molecular formula is C19H20F2N2O4S. The number of hydrogen-bond donors (Lipinski definition) is 2. The smallest absolute Gasteiger partial charge is 0.262 e. The van der Waals surface area contributed by atoms with Gasteiger partial charge in [-0.3, -0.25) is 14.3 Å². The maximum Gasteiger partial charge on any atom is 0.262 e. The van der Waals surface area contributed by atoms with Crippen LogP contribution in [0.1, 0.15) is 31.1 Å². The molecule has 150 valence electrons. The van der Waals surface area contributed by atoms with Crippen molar-refractivity contribution in [1.29, 1.82) is 0 Å². The number of hydrogen-bond acceptors (Lipinski definition) is 4. The Hall–Kier alpha value is -2.81. The normalized spacial score (nSPS) is 11.8. The second-order valence-corrected chi connectivity index (χ2v) is 8.79. The molecule has 2 aromatic rings. The lowest BCUT2D eigenvalue weighted by atomic mass is 9.91. The lowest BCUT2D eigenvalue weighted by Gasteiger charge is -2.17. The number of Topliss-reactive ketones (excluding diaryl/α,β-unsaturated/α-hetero) is 1. The SMILES string of the molecule is CC(C)(C)C(=O)CNC(=O)c1ccccc1NS(=O)(=O)c1cc(F)cc(F)c1. The maximum atomic E-state index is 13.3. The van der Waals surface area contributed by atoms with Crippen LogP contribution in [0.15, 0.2) is 47.4 Å². The van der Waals surface area contributed by atoms with Gasteiger partial charge in [-0.1, -0.05) is 32.9 Å². The largest absolute Gasteiger partial charge is 0.345 e. The van der Waals surface area contributed by atoms with E-state index >= 15 is 0 Å². The number of anilines is 1. The van der Waals surface area contributed by atoms with Crippen molar-refractivity contribution in [1.82, 2.24) is 5.32 Å². The standard InChI is InChI=1S/C19H20F2N2O4S/c1-19(2,3)17(24)11-22-18(25)15-6-4-5-7-16(15)23-28(26,27)14-9-12(20)8-13(21)10-14/h4-10,23H,11H2,1-3H3,(H,22,25). The van der Waals surface area contributed by atoms with E-state index < -0.39 is 37.9 Å². The lowest BCUT2D eigenvalue weighted by molar-refractivity contribution is -0.125. The highest BCUT2D eigenvalue weighted by Gasteiger charge is 2.23. The fourth-order valence-electron chi connectivity index (χ4n) is 2.18. The molecule has 9 heteroatoms. The van der Waals surface area contributed by atoms with Gasteiger partial charge in [0.15, 0.2) is 5.78 Å². The van der Waals surface area contributed by atoms with Gasteiger partial charge in [0.05, 0.1) is 22.7 Å². The van der Waals surface area contributed by atoms with Crippen LogP contribution in [-0.4, -0.2) is 26.7 Å². The van der Waals surface area contributed by atoms with Gasteiger partial charge in [-0.25, -0.2) is 17.2 Å². The third-order valence-corrected chi connectivity index (χ3v) is 5.15. The number of carbonyl (C=O) groups excluding carboxylic acids is 2. The second kappa shape index (κ2) is 8.05. The Labute approximate surface area is 162 Å². The van der Waals surface area contributed by atoms with Crippen LogP contribution < -0.4 is 10.0 Å². The Bertz CT molecular complexity index is 995. The van der Waals surface area contributed by atoms with Crippen molar-refractivity contribution in [2.45, 2.75) is 25.7 Å². The summed E-state index contributed by atoms with van der Waals surface area (Å²) >= 11 is 0. The molecule has 0 aliphatic heterocycles. The van der Waals surface area contributed by atoms with Crippen LogP contribution in [0.25, 0.3) is 0 Å². The fourth-order valence-corrected chi connectivity index (χ4v) is 3.30. The Balaban J connectivity index is 2.26. The van der Waals surface area contributed by atoms with Crippen molar-refractivity contribution in [3.8, 4) is 0 Å². The summed E-state index contributed by atoms with van der Waals surface area (Å²) < 4.78 is 53.7. The molecule has 0 atom stereocenters. The molecule has 0 fully saturated rings. The Kier molecular flexibility index (Phi) is 6.18. The van der Waals surface area contributed by atoms with Gasteiger partial charge in [0.1, 0.15) is 11.6 Å². The van der Waals surface area contributed by atoms with Crippen molar-refractivity contribution >= 4 is 27.4 Å². The minimum absolute atomic E-state index is 0.0374. The second-order valence-electron chi connectivity index (χ2n) is 7.11. The summed E-state index contributed by atoms with van der Waals surface area (Å²) in [6, 6.07) is 7.56. The van der Waals surface area contributed by atoms with Gasteiger partial charge in [0.25, 0.3) is 15.9 Å². The van der Waals surface area contributed by atoms with Crippen molar-refractivity contribution in [2.24, 2.45) is 5.41 Å². The summed E-state index contributed by atoms with van der Waals surface area (Å²) in [5.41, 5.74) is -0.770. The molecule has 0 radical (unpaired) electrons. The molecule has 0 spiro atoms. The minimum atomic E-state index is -4.35. The summed E-state index contributed by atoms with van der Waals surface area (Å²) in [5.74, 6) is -2.96. The molecule has 2 aromatic carbocycles. The zero-order valence-corrected chi connectivity index (χ0v) is 16.4. The predicted molar refractivity (Wildman–Crippen MR) is 100 cm³/mol. The number of amides is 1. The predicted octanol–water partition coefficient (Wildman–Crippen LogP) is 3.11. The van der Waals surface area contributed by atoms with Gasteiger partial charge in [0.2, 0.25) is 0 Å². The van der Waals surface area contributed by atoms with Crippen LogP contribution in [0, 0.1) is 17.0 Å². The van der Waals surface area contributed by atoms with Gasteiger partial charge in [-0.2, -0.15) is 0 Å². The summed E-state index contributed by atoms with van der Waals surface area (Å²) in [5, 5.41) is 2.45. The third kappa shape index (κ3) is 5.35. The van der Waals surface area contributed by atoms with Crippen molar-refractivity contribution in [3.63, 3.8) is 0 Å². The highest BCUT2D eigenvalue weighted by Crippen LogP contribution is 2.22. The molecule has 28 heavy (non-hydrogen) atoms. The van der Waals surface area contributed by atoms with Crippen LogP contribution in [0.5, 0.6) is 0 Å². The van der Waals surface area contributed by atoms with Crippen LogP contribution in [0.4, 0.5) is 14.5 Å². The van der Waals surface area contributed by atoms with Crippen LogP contribution >= 0.6 is 0 Å². The van der Waals surface area contributed by atoms with Crippen molar-refractivity contribution in [3.05, 3.63) is 59.7 Å². The first-order valence-corrected chi connectivity index (χ1v) is 9.78. The molecule has 6 nitrogen and oxygen atoms in total. The first-order chi connectivity index (χ1) is 12.9. The van der Waals surface area contributed by atoms with Crippen molar-refractivity contribution in [2.75, 3.05) is 11.3 Å². The van der Waals surface area contributed by atoms with E-state index in [1.807, 2.05) is 0 Å². The molecule has 0 aromatic heterocycles. The number of rotatable bonds is 6. The van der Waals surface area contributed by atoms with Crippen LogP contribution in [0.2, 0.25) is 0 Å². The monoisotopic (exact) mass is 410 g/mol. The Morgan fingerprint density at radius 3 is 2.14 bits per heavy atom. The van der Waals surface area contributed by atoms with Crippen LogP contribution in [0.3, 0.4) is 0 Å². The Morgan fingerprint density at radius 1 is 1.00 bits per heavy atom. The molecule has 0 saturated heterocycles. The molecule has 0 heterocycles. The quantitative estimate of drug-likeness (QED) is 0.765. The van der Waals surface area contributed by atoms with E-state index in [-0.39, 0.29) is 23.6 Å². The first kappa shape index (κ1) is 21.5. The minimum Gasteiger partial charge on any atom is -0.345 e. The number of benzene rings is 2. The van der Waals surface area contributed by atoms with Gasteiger partial charge in [-0.15, -0.1) is 0 Å². The highest BCUT2D eigenvalue weighted by molar-refractivity contribution is 7.92. The summed E-state index contributed by atoms with van der Waals surface area (Å²) in [7, 11) is -4.35. The molecule has 0 saturated carbocycles. The van der Waals surface area contributed by atoms with Gasteiger partial charge in [-0.05, 0) is 24.3 Å². The number of sulfonamides is 1. The average molecular weight is 410 g/mol. The highest BCUT2D eigenvalue weighted by atomic mass is 32.2. The van der Waals surface area contributed by atoms with E-state index in [0.29, 0.717) is 18.2 Å². The summed E-state index contributed by atoms with van der Waals surface area (Å²) in [6.07, 6.45) is 0. The van der Waals surface area contributed by atoms with E-state index in [2.05, 4.69) is 10.0 Å². The molecule has 1 amide bonds. The van der Waals surface area contributed by atoms with E-state index in [9.17, 15) is 26.8 Å². The van der Waals surface area contributed by atoms with Crippen molar-refractivity contribution < 1.29 is 26.8 Å². The zero-order chi connectivity index (χ0) is 21.1. The topological polar surface area (TPSA) is 92.3 Å². The molecule has 0 unspecified atom stereocenters. The van der Waals surface area contributed by atoms with E-state index in [1.54, 1.807) is 20.8 Å². The van der Waals surface area contributed by atoms with E-state index in [1.165, 1.54) is 24.3 Å². The number of carbonyl (C=O) groups is 2. The molecule has 0 aliphatic carbocycles. The van der Waals surface area contributed by atoms with E-state index in [4.69, 9.17) is 0 Å². The first-order valence-electron chi connectivity index (χ1n) is 8.29. The third-order valence-electron chi connectivity index (χ3n) is 3.81. The molecule has 0 aliphatic rings. The number of nitrogens with one attached hydrogen (secondary N) is 2. The van der Waals surface area contributed by atoms with Gasteiger partial charge < -0.3 is 5.32 Å². The summed E-state index contributed by atoms with van der Waals surface area (Å²) in [6.45, 7) is 4.91. The lowest BCUT2D eigenvalue weighted by Crippen LogP contribution is -2.35. The van der Waals surface area contributed by atoms with Gasteiger partial charge >= 0.3 is 0 Å². The zero-order valence-electron chi connectivity index (χ0n) is 15.5. The molecule has 2 rings (SSSR count). The van der Waals surface area contributed by atoms with Gasteiger partial charge in [0, 0.05) is 11.5 Å². The molecule has 2 N–H and O–H groups in total.